The lowest BCUT2D eigenvalue weighted by molar-refractivity contribution is -0.148. The van der Waals surface area contributed by atoms with Crippen molar-refractivity contribution in [2.75, 3.05) is 0 Å². The second-order valence-corrected chi connectivity index (χ2v) is 4.67. The van der Waals surface area contributed by atoms with Crippen molar-refractivity contribution in [3.8, 4) is 0 Å². The zero-order valence-corrected chi connectivity index (χ0v) is 10.3. The second-order valence-electron chi connectivity index (χ2n) is 4.28. The van der Waals surface area contributed by atoms with Crippen LogP contribution in [0.5, 0.6) is 0 Å². The highest BCUT2D eigenvalue weighted by Gasteiger charge is 2.13. The van der Waals surface area contributed by atoms with Crippen molar-refractivity contribution in [2.24, 2.45) is 0 Å². The van der Waals surface area contributed by atoms with Gasteiger partial charge in [-0.05, 0) is 44.5 Å². The molecule has 0 aliphatic carbocycles. The van der Waals surface area contributed by atoms with Gasteiger partial charge in [0.2, 0.25) is 0 Å². The largest absolute Gasteiger partial charge is 0.457 e. The number of esters is 1. The minimum Gasteiger partial charge on any atom is -0.457 e. The summed E-state index contributed by atoms with van der Waals surface area (Å²) in [6.45, 7) is 5.46. The molecule has 0 atom stereocenters. The predicted molar refractivity (Wildman–Crippen MR) is 64.1 cm³/mol. The van der Waals surface area contributed by atoms with Crippen molar-refractivity contribution in [3.63, 3.8) is 0 Å². The average molecular weight is 240 g/mol. The molecule has 3 nitrogen and oxygen atoms in total. The molecule has 0 saturated heterocycles. The quantitative estimate of drug-likeness (QED) is 0.452. The number of hydrogen-bond acceptors (Lipinski definition) is 3. The number of carbonyl (C=O) groups is 1. The van der Waals surface area contributed by atoms with E-state index in [1.807, 2.05) is 20.8 Å². The van der Waals surface area contributed by atoms with Gasteiger partial charge in [0.15, 0.2) is 0 Å². The van der Waals surface area contributed by atoms with Crippen LogP contribution in [0.2, 0.25) is 5.15 Å². The van der Waals surface area contributed by atoms with Crippen molar-refractivity contribution in [1.82, 2.24) is 4.98 Å². The van der Waals surface area contributed by atoms with Gasteiger partial charge in [0, 0.05) is 12.3 Å². The Labute approximate surface area is 100 Å². The Morgan fingerprint density at radius 2 is 2.19 bits per heavy atom. The number of halogens is 1. The van der Waals surface area contributed by atoms with E-state index >= 15 is 0 Å². The first kappa shape index (κ1) is 12.7. The van der Waals surface area contributed by atoms with Gasteiger partial charge in [-0.2, -0.15) is 0 Å². The topological polar surface area (TPSA) is 39.2 Å². The van der Waals surface area contributed by atoms with Crippen LogP contribution < -0.4 is 0 Å². The van der Waals surface area contributed by atoms with Crippen LogP contribution in [-0.4, -0.2) is 16.6 Å². The van der Waals surface area contributed by atoms with E-state index in [4.69, 9.17) is 16.3 Å². The Bertz CT molecular complexity index is 408. The van der Waals surface area contributed by atoms with Gasteiger partial charge in [0.25, 0.3) is 0 Å². The van der Waals surface area contributed by atoms with Crippen LogP contribution in [0.15, 0.2) is 24.4 Å². The minimum absolute atomic E-state index is 0.375. The fourth-order valence-corrected chi connectivity index (χ4v) is 1.20. The normalized spacial score (nSPS) is 11.8. The van der Waals surface area contributed by atoms with Crippen molar-refractivity contribution < 1.29 is 9.53 Å². The number of rotatable bonds is 2. The fraction of sp³-hybridized carbons (Fsp3) is 0.333. The maximum atomic E-state index is 11.4. The van der Waals surface area contributed by atoms with Crippen LogP contribution in [0.4, 0.5) is 0 Å². The minimum atomic E-state index is -0.475. The van der Waals surface area contributed by atoms with E-state index in [1.54, 1.807) is 24.4 Å². The van der Waals surface area contributed by atoms with E-state index in [-0.39, 0.29) is 5.97 Å². The van der Waals surface area contributed by atoms with Gasteiger partial charge in [-0.15, -0.1) is 0 Å². The van der Waals surface area contributed by atoms with Gasteiger partial charge in [0.1, 0.15) is 10.8 Å². The monoisotopic (exact) mass is 239 g/mol. The summed E-state index contributed by atoms with van der Waals surface area (Å²) in [7, 11) is 0. The average Bonchev–Trinajstić information content (AvgIpc) is 2.12. The van der Waals surface area contributed by atoms with Crippen LogP contribution in [0.3, 0.4) is 0 Å². The zero-order chi connectivity index (χ0) is 12.2. The van der Waals surface area contributed by atoms with Crippen molar-refractivity contribution in [1.29, 1.82) is 0 Å². The molecule has 0 fully saturated rings. The Kier molecular flexibility index (Phi) is 4.07. The molecule has 4 heteroatoms. The Morgan fingerprint density at radius 1 is 1.50 bits per heavy atom. The Balaban J connectivity index is 2.64. The van der Waals surface area contributed by atoms with Gasteiger partial charge in [-0.3, -0.25) is 0 Å². The zero-order valence-electron chi connectivity index (χ0n) is 9.53. The third-order valence-corrected chi connectivity index (χ3v) is 1.78. The number of aromatic nitrogens is 1. The molecule has 16 heavy (non-hydrogen) atoms. The van der Waals surface area contributed by atoms with Crippen LogP contribution in [0.25, 0.3) is 6.08 Å². The van der Waals surface area contributed by atoms with E-state index < -0.39 is 5.60 Å². The Hall–Kier alpha value is -1.35. The van der Waals surface area contributed by atoms with Crippen LogP contribution in [0, 0.1) is 0 Å². The summed E-state index contributed by atoms with van der Waals surface area (Å²) >= 11 is 5.71. The summed E-state index contributed by atoms with van der Waals surface area (Å²) < 4.78 is 5.12. The lowest BCUT2D eigenvalue weighted by atomic mass is 10.2. The SMILES string of the molecule is CC(C)(C)OC(=O)/C=C/c1ccnc(Cl)c1. The molecule has 0 aromatic carbocycles. The summed E-state index contributed by atoms with van der Waals surface area (Å²) in [6, 6.07) is 3.43. The van der Waals surface area contributed by atoms with E-state index in [0.29, 0.717) is 5.15 Å². The van der Waals surface area contributed by atoms with Gasteiger partial charge >= 0.3 is 5.97 Å². The maximum absolute atomic E-state index is 11.4. The molecule has 0 amide bonds. The molecule has 0 N–H and O–H groups in total. The second kappa shape index (κ2) is 5.12. The number of pyridine rings is 1. The number of carbonyl (C=O) groups excluding carboxylic acids is 1. The van der Waals surface area contributed by atoms with Gasteiger partial charge in [0.05, 0.1) is 0 Å². The molecule has 1 heterocycles. The molecule has 0 radical (unpaired) electrons. The highest BCUT2D eigenvalue weighted by molar-refractivity contribution is 6.29. The molecular weight excluding hydrogens is 226 g/mol. The summed E-state index contributed by atoms with van der Waals surface area (Å²) in [5.74, 6) is -0.375. The molecular formula is C12H14ClNO2. The molecule has 0 unspecified atom stereocenters. The highest BCUT2D eigenvalue weighted by atomic mass is 35.5. The van der Waals surface area contributed by atoms with Crippen molar-refractivity contribution >= 4 is 23.6 Å². The number of ether oxygens (including phenoxy) is 1. The van der Waals surface area contributed by atoms with Crippen LogP contribution in [-0.2, 0) is 9.53 Å². The van der Waals surface area contributed by atoms with Crippen molar-refractivity contribution in [3.05, 3.63) is 35.1 Å². The smallest absolute Gasteiger partial charge is 0.331 e. The van der Waals surface area contributed by atoms with E-state index in [1.165, 1.54) is 6.08 Å². The first-order valence-corrected chi connectivity index (χ1v) is 5.27. The molecule has 0 aliphatic rings. The summed E-state index contributed by atoms with van der Waals surface area (Å²) in [6.07, 6.45) is 4.59. The van der Waals surface area contributed by atoms with E-state index in [2.05, 4.69) is 4.98 Å². The standard InChI is InChI=1S/C12H14ClNO2/c1-12(2,3)16-11(15)5-4-9-6-7-14-10(13)8-9/h4-8H,1-3H3/b5-4+. The van der Waals surface area contributed by atoms with Gasteiger partial charge in [-0.1, -0.05) is 11.6 Å². The van der Waals surface area contributed by atoms with E-state index in [9.17, 15) is 4.79 Å². The highest BCUT2D eigenvalue weighted by Crippen LogP contribution is 2.10. The summed E-state index contributed by atoms with van der Waals surface area (Å²) in [5.41, 5.74) is 0.336. The predicted octanol–water partition coefficient (Wildman–Crippen LogP) is 3.09. The lowest BCUT2D eigenvalue weighted by Crippen LogP contribution is -2.22. The molecule has 0 spiro atoms. The number of nitrogens with zero attached hydrogens (tertiary/aromatic N) is 1. The van der Waals surface area contributed by atoms with Gasteiger partial charge < -0.3 is 4.74 Å². The van der Waals surface area contributed by atoms with Crippen LogP contribution in [0.1, 0.15) is 26.3 Å². The fourth-order valence-electron chi connectivity index (χ4n) is 1.02. The molecule has 1 aromatic rings. The third-order valence-electron chi connectivity index (χ3n) is 1.57. The van der Waals surface area contributed by atoms with Crippen LogP contribution >= 0.6 is 11.6 Å². The number of hydrogen-bond donors (Lipinski definition) is 0. The first-order chi connectivity index (χ1) is 7.37. The lowest BCUT2D eigenvalue weighted by Gasteiger charge is -2.17. The third kappa shape index (κ3) is 4.94. The maximum Gasteiger partial charge on any atom is 0.331 e. The Morgan fingerprint density at radius 3 is 2.75 bits per heavy atom. The van der Waals surface area contributed by atoms with Crippen molar-refractivity contribution in [2.45, 2.75) is 26.4 Å². The molecule has 0 aliphatic heterocycles. The summed E-state index contributed by atoms with van der Waals surface area (Å²) in [4.78, 5) is 15.2. The molecule has 1 aromatic heterocycles. The van der Waals surface area contributed by atoms with Gasteiger partial charge in [-0.25, -0.2) is 9.78 Å². The molecule has 0 saturated carbocycles. The first-order valence-electron chi connectivity index (χ1n) is 4.89. The molecule has 86 valence electrons. The molecule has 1 rings (SSSR count). The summed E-state index contributed by atoms with van der Waals surface area (Å²) in [5, 5.41) is 0.395. The molecule has 0 bridgehead atoms. The van der Waals surface area contributed by atoms with E-state index in [0.717, 1.165) is 5.56 Å².